The fraction of sp³-hybridized carbons (Fsp3) is 0.167. The molecule has 1 atom stereocenters. The van der Waals surface area contributed by atoms with Gasteiger partial charge in [0.2, 0.25) is 0 Å². The van der Waals surface area contributed by atoms with Crippen molar-refractivity contribution in [2.45, 2.75) is 24.3 Å². The first-order valence-corrected chi connectivity index (χ1v) is 11.7. The maximum Gasteiger partial charge on any atom is 0.341 e. The number of amides is 1. The van der Waals surface area contributed by atoms with Crippen LogP contribution in [-0.4, -0.2) is 32.9 Å². The van der Waals surface area contributed by atoms with Gasteiger partial charge in [-0.15, -0.1) is 0 Å². The smallest absolute Gasteiger partial charge is 0.341 e. The second kappa shape index (κ2) is 9.03. The molecule has 0 unspecified atom stereocenters. The van der Waals surface area contributed by atoms with Crippen LogP contribution in [0.2, 0.25) is 0 Å². The van der Waals surface area contributed by atoms with Crippen molar-refractivity contribution in [1.82, 2.24) is 0 Å². The largest absolute Gasteiger partial charge is 0.449 e. The molecule has 0 fully saturated rings. The van der Waals surface area contributed by atoms with Crippen LogP contribution in [0.4, 0.5) is 15.8 Å². The zero-order valence-electron chi connectivity index (χ0n) is 17.7. The molecule has 0 bridgehead atoms. The lowest BCUT2D eigenvalue weighted by molar-refractivity contribution is -0.126. The maximum absolute atomic E-state index is 13.1. The molecule has 0 spiro atoms. The molecule has 33 heavy (non-hydrogen) atoms. The van der Waals surface area contributed by atoms with Crippen molar-refractivity contribution in [2.75, 3.05) is 16.2 Å². The highest BCUT2D eigenvalue weighted by Crippen LogP contribution is 2.28. The van der Waals surface area contributed by atoms with Crippen LogP contribution in [0.5, 0.6) is 0 Å². The summed E-state index contributed by atoms with van der Waals surface area (Å²) in [5, 5.41) is 0. The Balaban J connectivity index is 1.50. The van der Waals surface area contributed by atoms with Gasteiger partial charge in [0.15, 0.2) is 6.10 Å². The highest BCUT2D eigenvalue weighted by molar-refractivity contribution is 7.92. The van der Waals surface area contributed by atoms with Crippen molar-refractivity contribution < 1.29 is 27.1 Å². The summed E-state index contributed by atoms with van der Waals surface area (Å²) in [6.45, 7) is 1.97. The number of para-hydroxylation sites is 2. The number of hydrogen-bond donors (Lipinski definition) is 1. The molecule has 1 heterocycles. The van der Waals surface area contributed by atoms with E-state index in [1.54, 1.807) is 17.0 Å². The van der Waals surface area contributed by atoms with Gasteiger partial charge in [-0.1, -0.05) is 30.3 Å². The van der Waals surface area contributed by atoms with E-state index in [1.807, 2.05) is 24.3 Å². The van der Waals surface area contributed by atoms with Crippen molar-refractivity contribution in [3.05, 3.63) is 89.7 Å². The zero-order chi connectivity index (χ0) is 23.6. The summed E-state index contributed by atoms with van der Waals surface area (Å²) in [5.74, 6) is -1.78. The third kappa shape index (κ3) is 4.73. The number of halogens is 1. The van der Waals surface area contributed by atoms with Crippen LogP contribution in [0.25, 0.3) is 0 Å². The average Bonchev–Trinajstić information content (AvgIpc) is 3.23. The molecule has 1 aliphatic heterocycles. The molecule has 1 N–H and O–H groups in total. The number of fused-ring (bicyclic) bond motifs is 1. The number of carbonyl (C=O) groups is 2. The SMILES string of the molecule is C[C@@H](OC(=O)c1ccccc1NS(=O)(=O)c1ccc(F)cc1)C(=O)N1CCc2ccccc21. The van der Waals surface area contributed by atoms with E-state index in [-0.39, 0.29) is 22.1 Å². The Kier molecular flexibility index (Phi) is 6.15. The Morgan fingerprint density at radius 1 is 1.00 bits per heavy atom. The Morgan fingerprint density at radius 2 is 1.67 bits per heavy atom. The topological polar surface area (TPSA) is 92.8 Å². The van der Waals surface area contributed by atoms with Crippen molar-refractivity contribution in [2.24, 2.45) is 0 Å². The highest BCUT2D eigenvalue weighted by atomic mass is 32.2. The molecule has 0 saturated heterocycles. The van der Waals surface area contributed by atoms with Gasteiger partial charge in [0.05, 0.1) is 16.1 Å². The van der Waals surface area contributed by atoms with Gasteiger partial charge in [0.1, 0.15) is 5.82 Å². The molecule has 4 rings (SSSR count). The van der Waals surface area contributed by atoms with Gasteiger partial charge in [0.25, 0.3) is 15.9 Å². The molecule has 7 nitrogen and oxygen atoms in total. The van der Waals surface area contributed by atoms with Gasteiger partial charge in [-0.3, -0.25) is 9.52 Å². The number of anilines is 2. The third-order valence-electron chi connectivity index (χ3n) is 5.30. The second-order valence-electron chi connectivity index (χ2n) is 7.52. The van der Waals surface area contributed by atoms with Gasteiger partial charge in [-0.2, -0.15) is 0 Å². The normalized spacial score (nSPS) is 13.8. The van der Waals surface area contributed by atoms with Crippen LogP contribution < -0.4 is 9.62 Å². The molecule has 0 aliphatic carbocycles. The Labute approximate surface area is 190 Å². The Bertz CT molecular complexity index is 1310. The van der Waals surface area contributed by atoms with Gasteiger partial charge < -0.3 is 9.64 Å². The fourth-order valence-corrected chi connectivity index (χ4v) is 4.71. The van der Waals surface area contributed by atoms with E-state index in [4.69, 9.17) is 4.74 Å². The number of ether oxygens (including phenoxy) is 1. The standard InChI is InChI=1S/C24H21FN2O5S/c1-16(23(28)27-15-14-17-6-2-5-9-22(17)27)32-24(29)20-7-3-4-8-21(20)26-33(30,31)19-12-10-18(25)11-13-19/h2-13,16,26H,14-15H2,1H3/t16-/m1/s1. The van der Waals surface area contributed by atoms with Crippen molar-refractivity contribution in [3.8, 4) is 0 Å². The first-order chi connectivity index (χ1) is 15.8. The van der Waals surface area contributed by atoms with Crippen molar-refractivity contribution >= 4 is 33.3 Å². The fourth-order valence-electron chi connectivity index (χ4n) is 3.63. The molecule has 1 amide bonds. The van der Waals surface area contributed by atoms with Crippen LogP contribution >= 0.6 is 0 Å². The number of nitrogens with one attached hydrogen (secondary N) is 1. The second-order valence-corrected chi connectivity index (χ2v) is 9.20. The number of carbonyl (C=O) groups excluding carboxylic acids is 2. The van der Waals surface area contributed by atoms with E-state index in [1.165, 1.54) is 19.1 Å². The number of nitrogens with zero attached hydrogens (tertiary/aromatic N) is 1. The lowest BCUT2D eigenvalue weighted by atomic mass is 10.2. The van der Waals surface area contributed by atoms with Gasteiger partial charge >= 0.3 is 5.97 Å². The lowest BCUT2D eigenvalue weighted by Crippen LogP contribution is -2.39. The molecule has 0 aromatic heterocycles. The molecular formula is C24H21FN2O5S. The van der Waals surface area contributed by atoms with E-state index in [0.29, 0.717) is 6.54 Å². The van der Waals surface area contributed by atoms with E-state index in [0.717, 1.165) is 41.9 Å². The summed E-state index contributed by atoms with van der Waals surface area (Å²) < 4.78 is 46.2. The maximum atomic E-state index is 13.1. The van der Waals surface area contributed by atoms with Crippen molar-refractivity contribution in [1.29, 1.82) is 0 Å². The van der Waals surface area contributed by atoms with E-state index in [9.17, 15) is 22.4 Å². The molecule has 3 aromatic carbocycles. The van der Waals surface area contributed by atoms with Gasteiger partial charge in [-0.05, 0) is 61.4 Å². The summed E-state index contributed by atoms with van der Waals surface area (Å²) in [5.41, 5.74) is 1.77. The van der Waals surface area contributed by atoms with Crippen molar-refractivity contribution in [3.63, 3.8) is 0 Å². The summed E-state index contributed by atoms with van der Waals surface area (Å²) in [4.78, 5) is 27.2. The number of hydrogen-bond acceptors (Lipinski definition) is 5. The summed E-state index contributed by atoms with van der Waals surface area (Å²) >= 11 is 0. The van der Waals surface area contributed by atoms with Crippen LogP contribution in [0, 0.1) is 5.82 Å². The number of sulfonamides is 1. The number of rotatable bonds is 6. The average molecular weight is 469 g/mol. The predicted octanol–water partition coefficient (Wildman–Crippen LogP) is 3.76. The first kappa shape index (κ1) is 22.5. The molecule has 0 radical (unpaired) electrons. The van der Waals surface area contributed by atoms with Crippen LogP contribution in [0.1, 0.15) is 22.8 Å². The summed E-state index contributed by atoms with van der Waals surface area (Å²) in [6.07, 6.45) is -0.359. The molecule has 170 valence electrons. The van der Waals surface area contributed by atoms with E-state index in [2.05, 4.69) is 4.72 Å². The minimum absolute atomic E-state index is 0.0157. The zero-order valence-corrected chi connectivity index (χ0v) is 18.5. The van der Waals surface area contributed by atoms with E-state index >= 15 is 0 Å². The number of esters is 1. The highest BCUT2D eigenvalue weighted by Gasteiger charge is 2.30. The Hall–Kier alpha value is -3.72. The summed E-state index contributed by atoms with van der Waals surface area (Å²) in [6, 6.07) is 17.7. The van der Waals surface area contributed by atoms with Gasteiger partial charge in [0, 0.05) is 12.2 Å². The van der Waals surface area contributed by atoms with Crippen LogP contribution in [-0.2, 0) is 26.0 Å². The van der Waals surface area contributed by atoms with Crippen LogP contribution in [0.3, 0.4) is 0 Å². The van der Waals surface area contributed by atoms with Gasteiger partial charge in [-0.25, -0.2) is 17.6 Å². The predicted molar refractivity (Wildman–Crippen MR) is 121 cm³/mol. The monoisotopic (exact) mass is 468 g/mol. The third-order valence-corrected chi connectivity index (χ3v) is 6.68. The molecule has 9 heteroatoms. The van der Waals surface area contributed by atoms with E-state index < -0.39 is 27.9 Å². The van der Waals surface area contributed by atoms with Crippen LogP contribution in [0.15, 0.2) is 77.7 Å². The molecule has 0 saturated carbocycles. The first-order valence-electron chi connectivity index (χ1n) is 10.2. The summed E-state index contributed by atoms with van der Waals surface area (Å²) in [7, 11) is -4.08. The lowest BCUT2D eigenvalue weighted by Gasteiger charge is -2.22. The Morgan fingerprint density at radius 3 is 2.42 bits per heavy atom. The minimum Gasteiger partial charge on any atom is -0.449 e. The molecule has 3 aromatic rings. The molecular weight excluding hydrogens is 447 g/mol. The minimum atomic E-state index is -4.08. The molecule has 1 aliphatic rings. The quantitative estimate of drug-likeness (QED) is 0.556. The number of benzene rings is 3.